The highest BCUT2D eigenvalue weighted by Gasteiger charge is 2.21. The third-order valence-corrected chi connectivity index (χ3v) is 5.13. The largest absolute Gasteiger partial charge is 0.368 e. The molecule has 31 heavy (non-hydrogen) atoms. The maximum atomic E-state index is 13.5. The van der Waals surface area contributed by atoms with Gasteiger partial charge in [-0.1, -0.05) is 35.9 Å². The molecular weight excluding hydrogens is 416 g/mol. The maximum Gasteiger partial charge on any atom is 0.267 e. The Hall–Kier alpha value is -3.78. The first-order chi connectivity index (χ1) is 14.9. The number of Topliss-reactive ketones (excluding diaryl/α,β-unsaturated/α-hetero) is 1. The number of nitrogens with two attached hydrogens (primary N) is 1. The van der Waals surface area contributed by atoms with Gasteiger partial charge in [0.2, 0.25) is 5.95 Å². The van der Waals surface area contributed by atoms with Gasteiger partial charge in [0, 0.05) is 6.20 Å². The van der Waals surface area contributed by atoms with Crippen LogP contribution in [0.15, 0.2) is 59.5 Å². The molecule has 8 nitrogen and oxygen atoms in total. The quantitative estimate of drug-likeness (QED) is 0.459. The minimum atomic E-state index is -0.510. The zero-order valence-corrected chi connectivity index (χ0v) is 17.6. The number of ketones is 1. The Bertz CT molecular complexity index is 1350. The summed E-state index contributed by atoms with van der Waals surface area (Å²) in [6, 6.07) is 13.8. The zero-order valence-electron chi connectivity index (χ0n) is 16.8. The minimum absolute atomic E-state index is 0.0263. The lowest BCUT2D eigenvalue weighted by atomic mass is 10.1. The second-order valence-corrected chi connectivity index (χ2v) is 7.40. The van der Waals surface area contributed by atoms with E-state index in [1.807, 2.05) is 37.3 Å². The molecule has 0 bridgehead atoms. The summed E-state index contributed by atoms with van der Waals surface area (Å²) in [5, 5.41) is 3.82. The van der Waals surface area contributed by atoms with Gasteiger partial charge in [0.1, 0.15) is 11.6 Å². The van der Waals surface area contributed by atoms with Crippen LogP contribution in [-0.2, 0) is 0 Å². The minimum Gasteiger partial charge on any atom is -0.368 e. The van der Waals surface area contributed by atoms with E-state index < -0.39 is 6.04 Å². The van der Waals surface area contributed by atoms with E-state index in [4.69, 9.17) is 22.3 Å². The zero-order chi connectivity index (χ0) is 22.1. The van der Waals surface area contributed by atoms with Gasteiger partial charge in [0.25, 0.3) is 5.56 Å². The third kappa shape index (κ3) is 3.85. The first-order valence-corrected chi connectivity index (χ1v) is 9.91. The van der Waals surface area contributed by atoms with Gasteiger partial charge in [0.15, 0.2) is 5.78 Å². The number of nitrogen functional groups attached to an aromatic ring is 1. The van der Waals surface area contributed by atoms with Crippen LogP contribution in [0.4, 0.5) is 11.8 Å². The van der Waals surface area contributed by atoms with E-state index in [-0.39, 0.29) is 23.1 Å². The highest BCUT2D eigenvalue weighted by atomic mass is 35.5. The number of para-hydroxylation sites is 1. The molecule has 0 saturated carbocycles. The molecule has 156 valence electrons. The SMILES string of the molecule is CC(=O)c1cnc(N)nc1N[C@H](C)c1nc2cccc(Cl)c2c(=O)n1-c1ccccc1. The van der Waals surface area contributed by atoms with Gasteiger partial charge in [-0.05, 0) is 38.1 Å². The summed E-state index contributed by atoms with van der Waals surface area (Å²) in [6.45, 7) is 3.24. The van der Waals surface area contributed by atoms with E-state index in [1.165, 1.54) is 17.7 Å². The average molecular weight is 435 g/mol. The maximum absolute atomic E-state index is 13.5. The van der Waals surface area contributed by atoms with Gasteiger partial charge in [-0.25, -0.2) is 9.97 Å². The Morgan fingerprint density at radius 1 is 1.13 bits per heavy atom. The first-order valence-electron chi connectivity index (χ1n) is 9.53. The molecule has 9 heteroatoms. The van der Waals surface area contributed by atoms with Crippen LogP contribution in [0.3, 0.4) is 0 Å². The van der Waals surface area contributed by atoms with Crippen LogP contribution in [0, 0.1) is 0 Å². The molecule has 0 spiro atoms. The van der Waals surface area contributed by atoms with Crippen LogP contribution in [0.2, 0.25) is 5.02 Å². The van der Waals surface area contributed by atoms with Crippen LogP contribution in [0.1, 0.15) is 36.1 Å². The summed E-state index contributed by atoms with van der Waals surface area (Å²) >= 11 is 6.32. The lowest BCUT2D eigenvalue weighted by Gasteiger charge is -2.21. The number of aromatic nitrogens is 4. The lowest BCUT2D eigenvalue weighted by Crippen LogP contribution is -2.28. The van der Waals surface area contributed by atoms with E-state index in [0.29, 0.717) is 33.0 Å². The molecule has 2 aromatic carbocycles. The summed E-state index contributed by atoms with van der Waals surface area (Å²) in [5.74, 6) is 0.511. The van der Waals surface area contributed by atoms with Crippen molar-refractivity contribution in [3.8, 4) is 5.69 Å². The molecule has 0 fully saturated rings. The Morgan fingerprint density at radius 2 is 1.87 bits per heavy atom. The van der Waals surface area contributed by atoms with Crippen LogP contribution >= 0.6 is 11.6 Å². The monoisotopic (exact) mass is 434 g/mol. The highest BCUT2D eigenvalue weighted by molar-refractivity contribution is 6.35. The van der Waals surface area contributed by atoms with Crippen molar-refractivity contribution >= 4 is 40.1 Å². The smallest absolute Gasteiger partial charge is 0.267 e. The van der Waals surface area contributed by atoms with Crippen LogP contribution in [0.25, 0.3) is 16.6 Å². The molecule has 0 radical (unpaired) electrons. The number of nitrogens with zero attached hydrogens (tertiary/aromatic N) is 4. The van der Waals surface area contributed by atoms with E-state index in [1.54, 1.807) is 18.2 Å². The van der Waals surface area contributed by atoms with Crippen molar-refractivity contribution in [3.63, 3.8) is 0 Å². The molecule has 0 aliphatic carbocycles. The number of hydrogen-bond acceptors (Lipinski definition) is 7. The van der Waals surface area contributed by atoms with E-state index in [9.17, 15) is 9.59 Å². The van der Waals surface area contributed by atoms with Crippen molar-refractivity contribution in [1.29, 1.82) is 0 Å². The third-order valence-electron chi connectivity index (χ3n) is 4.81. The molecule has 2 heterocycles. The van der Waals surface area contributed by atoms with Gasteiger partial charge in [-0.2, -0.15) is 4.98 Å². The molecule has 0 amide bonds. The molecular formula is C22H19ClN6O2. The lowest BCUT2D eigenvalue weighted by molar-refractivity contribution is 0.101. The number of nitrogens with one attached hydrogen (secondary N) is 1. The number of anilines is 2. The summed E-state index contributed by atoms with van der Waals surface area (Å²) < 4.78 is 1.50. The Balaban J connectivity index is 1.92. The number of carbonyl (C=O) groups excluding carboxylic acids is 1. The Kier molecular flexibility index (Phi) is 5.39. The second kappa shape index (κ2) is 8.16. The molecule has 0 aliphatic heterocycles. The number of rotatable bonds is 5. The van der Waals surface area contributed by atoms with Crippen molar-refractivity contribution in [2.75, 3.05) is 11.1 Å². The molecule has 0 aliphatic rings. The average Bonchev–Trinajstić information content (AvgIpc) is 2.74. The predicted molar refractivity (Wildman–Crippen MR) is 121 cm³/mol. The van der Waals surface area contributed by atoms with Gasteiger partial charge in [-0.3, -0.25) is 14.2 Å². The summed E-state index contributed by atoms with van der Waals surface area (Å²) in [5.41, 5.74) is 6.83. The Labute approximate surface area is 182 Å². The Morgan fingerprint density at radius 3 is 2.58 bits per heavy atom. The summed E-state index contributed by atoms with van der Waals surface area (Å²) in [4.78, 5) is 38.2. The molecule has 0 saturated heterocycles. The van der Waals surface area contributed by atoms with Crippen molar-refractivity contribution in [1.82, 2.24) is 19.5 Å². The van der Waals surface area contributed by atoms with Crippen LogP contribution in [-0.4, -0.2) is 25.3 Å². The van der Waals surface area contributed by atoms with E-state index >= 15 is 0 Å². The first kappa shape index (κ1) is 20.5. The number of carbonyl (C=O) groups is 1. The number of benzene rings is 2. The van der Waals surface area contributed by atoms with Crippen LogP contribution < -0.4 is 16.6 Å². The van der Waals surface area contributed by atoms with Crippen LogP contribution in [0.5, 0.6) is 0 Å². The molecule has 4 rings (SSSR count). The fourth-order valence-electron chi connectivity index (χ4n) is 3.36. The topological polar surface area (TPSA) is 116 Å². The normalized spacial score (nSPS) is 12.0. The molecule has 4 aromatic rings. The van der Waals surface area contributed by atoms with Gasteiger partial charge >= 0.3 is 0 Å². The number of fused-ring (bicyclic) bond motifs is 1. The van der Waals surface area contributed by atoms with Gasteiger partial charge in [0.05, 0.1) is 33.2 Å². The standard InChI is InChI=1S/C22H19ClN6O2/c1-12(26-19-15(13(2)30)11-25-22(24)28-19)20-27-17-10-6-9-16(23)18(17)21(31)29(20)14-7-4-3-5-8-14/h3-12H,1-2H3,(H3,24,25,26,28)/t12-/m1/s1. The van der Waals surface area contributed by atoms with Crippen molar-refractivity contribution < 1.29 is 4.79 Å². The fraction of sp³-hybridized carbons (Fsp3) is 0.136. The van der Waals surface area contributed by atoms with Crippen molar-refractivity contribution in [2.45, 2.75) is 19.9 Å². The summed E-state index contributed by atoms with van der Waals surface area (Å²) in [6.07, 6.45) is 1.37. The van der Waals surface area contributed by atoms with Gasteiger partial charge in [-0.15, -0.1) is 0 Å². The molecule has 3 N–H and O–H groups in total. The fourth-order valence-corrected chi connectivity index (χ4v) is 3.61. The molecule has 0 unspecified atom stereocenters. The van der Waals surface area contributed by atoms with Gasteiger partial charge < -0.3 is 11.1 Å². The van der Waals surface area contributed by atoms with E-state index in [0.717, 1.165) is 0 Å². The second-order valence-electron chi connectivity index (χ2n) is 6.99. The van der Waals surface area contributed by atoms with Crippen molar-refractivity contribution in [3.05, 3.63) is 81.5 Å². The predicted octanol–water partition coefficient (Wildman–Crippen LogP) is 3.79. The van der Waals surface area contributed by atoms with Crippen molar-refractivity contribution in [2.24, 2.45) is 0 Å². The molecule has 2 aromatic heterocycles. The molecule has 1 atom stereocenters. The summed E-state index contributed by atoms with van der Waals surface area (Å²) in [7, 11) is 0. The van der Waals surface area contributed by atoms with E-state index in [2.05, 4.69) is 15.3 Å². The number of halogens is 1. The highest BCUT2D eigenvalue weighted by Crippen LogP contribution is 2.25. The number of hydrogen-bond donors (Lipinski definition) is 2.